The van der Waals surface area contributed by atoms with Gasteiger partial charge in [-0.3, -0.25) is 10.1 Å². The van der Waals surface area contributed by atoms with E-state index in [2.05, 4.69) is 10.3 Å². The second kappa shape index (κ2) is 6.04. The molecule has 1 saturated heterocycles. The highest BCUT2D eigenvalue weighted by Crippen LogP contribution is 2.25. The molecule has 1 fully saturated rings. The monoisotopic (exact) mass is 280 g/mol. The topological polar surface area (TPSA) is 80.5 Å². The van der Waals surface area contributed by atoms with Crippen LogP contribution in [0.2, 0.25) is 0 Å². The first-order valence-corrected chi connectivity index (χ1v) is 6.80. The molecule has 1 aromatic heterocycles. The maximum absolute atomic E-state index is 11.0. The Balaban J connectivity index is 2.31. The molecule has 2 rings (SSSR count). The van der Waals surface area contributed by atoms with Crippen molar-refractivity contribution < 1.29 is 9.66 Å². The van der Waals surface area contributed by atoms with Crippen LogP contribution in [-0.4, -0.2) is 41.7 Å². The van der Waals surface area contributed by atoms with E-state index in [0.717, 1.165) is 0 Å². The normalized spacial score (nSPS) is 22.6. The number of nitrogens with one attached hydrogen (secondary N) is 1. The third-order valence-electron chi connectivity index (χ3n) is 3.11. The number of ether oxygens (including phenoxy) is 1. The fourth-order valence-electron chi connectivity index (χ4n) is 2.41. The molecule has 0 saturated carbocycles. The Morgan fingerprint density at radius 1 is 1.45 bits per heavy atom. The lowest BCUT2D eigenvalue weighted by molar-refractivity contribution is -0.384. The van der Waals surface area contributed by atoms with Gasteiger partial charge >= 0.3 is 0 Å². The van der Waals surface area contributed by atoms with E-state index in [9.17, 15) is 10.1 Å². The Bertz CT molecular complexity index is 485. The third kappa shape index (κ3) is 3.36. The van der Waals surface area contributed by atoms with Gasteiger partial charge in [0.05, 0.1) is 29.3 Å². The first kappa shape index (κ1) is 14.5. The summed E-state index contributed by atoms with van der Waals surface area (Å²) in [6.45, 7) is 7.95. The summed E-state index contributed by atoms with van der Waals surface area (Å²) in [4.78, 5) is 17.1. The molecular weight excluding hydrogens is 260 g/mol. The van der Waals surface area contributed by atoms with Crippen molar-refractivity contribution in [1.29, 1.82) is 0 Å². The zero-order valence-electron chi connectivity index (χ0n) is 12.0. The minimum Gasteiger partial charge on any atom is -0.372 e. The second-order valence-corrected chi connectivity index (χ2v) is 5.02. The number of nitrogens with zero attached hydrogens (tertiary/aromatic N) is 3. The van der Waals surface area contributed by atoms with E-state index in [-0.39, 0.29) is 22.8 Å². The molecule has 0 amide bonds. The minimum absolute atomic E-state index is 0.0535. The highest BCUT2D eigenvalue weighted by Gasteiger charge is 2.25. The van der Waals surface area contributed by atoms with Crippen LogP contribution in [0, 0.1) is 10.1 Å². The maximum atomic E-state index is 11.0. The predicted molar refractivity (Wildman–Crippen MR) is 77.3 cm³/mol. The van der Waals surface area contributed by atoms with Gasteiger partial charge in [0.15, 0.2) is 0 Å². The Hall–Kier alpha value is -1.89. The molecule has 20 heavy (non-hydrogen) atoms. The van der Waals surface area contributed by atoms with Gasteiger partial charge in [0.1, 0.15) is 11.6 Å². The average molecular weight is 280 g/mol. The summed E-state index contributed by atoms with van der Waals surface area (Å²) in [5.41, 5.74) is 0.0535. The number of nitro groups is 1. The Kier molecular flexibility index (Phi) is 4.39. The lowest BCUT2D eigenvalue weighted by Gasteiger charge is -2.36. The van der Waals surface area contributed by atoms with Gasteiger partial charge in [0.25, 0.3) is 5.69 Å². The van der Waals surface area contributed by atoms with Crippen molar-refractivity contribution in [2.75, 3.05) is 29.9 Å². The Morgan fingerprint density at radius 3 is 2.65 bits per heavy atom. The van der Waals surface area contributed by atoms with Gasteiger partial charge in [0.2, 0.25) is 0 Å². The molecule has 2 heterocycles. The second-order valence-electron chi connectivity index (χ2n) is 5.02. The van der Waals surface area contributed by atoms with Crippen molar-refractivity contribution in [2.45, 2.75) is 33.0 Å². The zero-order valence-corrected chi connectivity index (χ0v) is 12.0. The summed E-state index contributed by atoms with van der Waals surface area (Å²) in [5.74, 6) is 1.15. The summed E-state index contributed by atoms with van der Waals surface area (Å²) in [5, 5.41) is 14.1. The highest BCUT2D eigenvalue weighted by atomic mass is 16.6. The van der Waals surface area contributed by atoms with E-state index < -0.39 is 0 Å². The average Bonchev–Trinajstić information content (AvgIpc) is 2.37. The molecule has 0 aliphatic carbocycles. The van der Waals surface area contributed by atoms with Crippen molar-refractivity contribution in [3.8, 4) is 0 Å². The van der Waals surface area contributed by atoms with Crippen molar-refractivity contribution in [3.63, 3.8) is 0 Å². The number of hydrogen-bond donors (Lipinski definition) is 1. The van der Waals surface area contributed by atoms with Crippen molar-refractivity contribution in [1.82, 2.24) is 4.98 Å². The SMILES string of the molecule is CCNc1cc([N+](=O)[O-])cc(N2CC(C)OC(C)C2)n1. The first-order chi connectivity index (χ1) is 9.49. The summed E-state index contributed by atoms with van der Waals surface area (Å²) >= 11 is 0. The molecule has 2 atom stereocenters. The van der Waals surface area contributed by atoms with E-state index in [1.54, 1.807) is 0 Å². The quantitative estimate of drug-likeness (QED) is 0.671. The molecule has 7 heteroatoms. The summed E-state index contributed by atoms with van der Waals surface area (Å²) in [7, 11) is 0. The molecule has 110 valence electrons. The molecule has 2 unspecified atom stereocenters. The van der Waals surface area contributed by atoms with E-state index >= 15 is 0 Å². The molecule has 1 N–H and O–H groups in total. The maximum Gasteiger partial charge on any atom is 0.276 e. The Morgan fingerprint density at radius 2 is 2.10 bits per heavy atom. The van der Waals surface area contributed by atoms with Crippen molar-refractivity contribution in [3.05, 3.63) is 22.2 Å². The number of pyridine rings is 1. The summed E-state index contributed by atoms with van der Waals surface area (Å²) < 4.78 is 5.67. The zero-order chi connectivity index (χ0) is 14.7. The van der Waals surface area contributed by atoms with Crippen LogP contribution in [-0.2, 0) is 4.74 Å². The van der Waals surface area contributed by atoms with Gasteiger partial charge < -0.3 is 15.0 Å². The van der Waals surface area contributed by atoms with Gasteiger partial charge in [-0.1, -0.05) is 0 Å². The molecule has 0 aromatic carbocycles. The number of morpholine rings is 1. The van der Waals surface area contributed by atoms with Gasteiger partial charge in [-0.15, -0.1) is 0 Å². The molecule has 1 aromatic rings. The number of anilines is 2. The van der Waals surface area contributed by atoms with Crippen LogP contribution in [0.4, 0.5) is 17.3 Å². The molecule has 1 aliphatic heterocycles. The highest BCUT2D eigenvalue weighted by molar-refractivity contribution is 5.56. The van der Waals surface area contributed by atoms with Crippen LogP contribution in [0.3, 0.4) is 0 Å². The predicted octanol–water partition coefficient (Wildman–Crippen LogP) is 2.04. The van der Waals surface area contributed by atoms with Crippen molar-refractivity contribution >= 4 is 17.3 Å². The van der Waals surface area contributed by atoms with Crippen LogP contribution >= 0.6 is 0 Å². The summed E-state index contributed by atoms with van der Waals surface area (Å²) in [6, 6.07) is 2.98. The number of rotatable bonds is 4. The number of hydrogen-bond acceptors (Lipinski definition) is 6. The van der Waals surface area contributed by atoms with Crippen LogP contribution < -0.4 is 10.2 Å². The molecule has 7 nitrogen and oxygen atoms in total. The van der Waals surface area contributed by atoms with E-state index in [4.69, 9.17) is 4.74 Å². The molecule has 0 radical (unpaired) electrons. The van der Waals surface area contributed by atoms with Crippen molar-refractivity contribution in [2.24, 2.45) is 0 Å². The lowest BCUT2D eigenvalue weighted by atomic mass is 10.2. The largest absolute Gasteiger partial charge is 0.372 e. The smallest absolute Gasteiger partial charge is 0.276 e. The standard InChI is InChI=1S/C13H20N4O3/c1-4-14-12-5-11(17(18)19)6-13(15-12)16-7-9(2)20-10(3)8-16/h5-6,9-10H,4,7-8H2,1-3H3,(H,14,15). The Labute approximate surface area is 118 Å². The van der Waals surface area contributed by atoms with Gasteiger partial charge in [-0.2, -0.15) is 0 Å². The van der Waals surface area contributed by atoms with E-state index in [1.165, 1.54) is 12.1 Å². The molecule has 0 bridgehead atoms. The molecule has 1 aliphatic rings. The van der Waals surface area contributed by atoms with Gasteiger partial charge in [-0.25, -0.2) is 4.98 Å². The van der Waals surface area contributed by atoms with E-state index in [1.807, 2.05) is 25.7 Å². The molecule has 0 spiro atoms. The number of aromatic nitrogens is 1. The van der Waals surface area contributed by atoms with Crippen LogP contribution in [0.5, 0.6) is 0 Å². The first-order valence-electron chi connectivity index (χ1n) is 6.80. The van der Waals surface area contributed by atoms with E-state index in [0.29, 0.717) is 31.3 Å². The van der Waals surface area contributed by atoms with Crippen LogP contribution in [0.1, 0.15) is 20.8 Å². The fraction of sp³-hybridized carbons (Fsp3) is 0.615. The van der Waals surface area contributed by atoms with Gasteiger partial charge in [0, 0.05) is 19.6 Å². The molecular formula is C13H20N4O3. The minimum atomic E-state index is -0.390. The van der Waals surface area contributed by atoms with Crippen LogP contribution in [0.15, 0.2) is 12.1 Å². The fourth-order valence-corrected chi connectivity index (χ4v) is 2.41. The lowest BCUT2D eigenvalue weighted by Crippen LogP contribution is -2.45. The van der Waals surface area contributed by atoms with Gasteiger partial charge in [-0.05, 0) is 20.8 Å². The third-order valence-corrected chi connectivity index (χ3v) is 3.11. The van der Waals surface area contributed by atoms with Crippen LogP contribution in [0.25, 0.3) is 0 Å². The summed E-state index contributed by atoms with van der Waals surface area (Å²) in [6.07, 6.45) is 0.171.